The zero-order valence-corrected chi connectivity index (χ0v) is 13.0. The molecular formula is C14H28N2O2S. The Balaban J connectivity index is 1.97. The average Bonchev–Trinajstić information content (AvgIpc) is 2.80. The molecule has 0 aromatic rings. The van der Waals surface area contributed by atoms with Crippen LogP contribution in [0.5, 0.6) is 0 Å². The van der Waals surface area contributed by atoms with Crippen LogP contribution in [-0.4, -0.2) is 37.6 Å². The Morgan fingerprint density at radius 3 is 2.21 bits per heavy atom. The van der Waals surface area contributed by atoms with Crippen molar-refractivity contribution in [1.29, 1.82) is 0 Å². The summed E-state index contributed by atoms with van der Waals surface area (Å²) in [5, 5.41) is 0. The maximum absolute atomic E-state index is 12.5. The van der Waals surface area contributed by atoms with E-state index >= 15 is 0 Å². The van der Waals surface area contributed by atoms with Crippen molar-refractivity contribution in [3.8, 4) is 0 Å². The Morgan fingerprint density at radius 1 is 1.16 bits per heavy atom. The van der Waals surface area contributed by atoms with Crippen LogP contribution in [0.2, 0.25) is 0 Å². The number of hydrogen-bond donors (Lipinski definition) is 1. The average molecular weight is 288 g/mol. The smallest absolute Gasteiger partial charge is 0.215 e. The Bertz CT molecular complexity index is 380. The van der Waals surface area contributed by atoms with E-state index in [0.717, 1.165) is 19.3 Å². The van der Waals surface area contributed by atoms with E-state index in [1.807, 2.05) is 0 Å². The van der Waals surface area contributed by atoms with Gasteiger partial charge in [-0.25, -0.2) is 12.7 Å². The van der Waals surface area contributed by atoms with Crippen molar-refractivity contribution in [3.05, 3.63) is 0 Å². The minimum Gasteiger partial charge on any atom is -0.326 e. The second kappa shape index (κ2) is 6.10. The highest BCUT2D eigenvalue weighted by molar-refractivity contribution is 7.89. The normalized spacial score (nSPS) is 32.6. The van der Waals surface area contributed by atoms with E-state index in [-0.39, 0.29) is 11.8 Å². The van der Waals surface area contributed by atoms with Crippen molar-refractivity contribution >= 4 is 10.0 Å². The first-order chi connectivity index (χ1) is 8.88. The molecule has 2 aliphatic rings. The van der Waals surface area contributed by atoms with Gasteiger partial charge < -0.3 is 5.73 Å². The fraction of sp³-hybridized carbons (Fsp3) is 1.00. The SMILES string of the molecule is CC1CC(C)CN(S(=O)(=O)CC(N)C2CCCC2)C1. The zero-order chi connectivity index (χ0) is 14.0. The van der Waals surface area contributed by atoms with Crippen LogP contribution in [0.1, 0.15) is 46.0 Å². The largest absolute Gasteiger partial charge is 0.326 e. The molecule has 0 aromatic heterocycles. The summed E-state index contributed by atoms with van der Waals surface area (Å²) in [5.74, 6) is 1.47. The summed E-state index contributed by atoms with van der Waals surface area (Å²) in [6.45, 7) is 5.61. The molecule has 1 saturated heterocycles. The number of nitrogens with zero attached hydrogens (tertiary/aromatic N) is 1. The number of nitrogens with two attached hydrogens (primary N) is 1. The number of hydrogen-bond acceptors (Lipinski definition) is 3. The van der Waals surface area contributed by atoms with Gasteiger partial charge in [-0.05, 0) is 37.0 Å². The third-order valence-electron chi connectivity index (χ3n) is 4.64. The summed E-state index contributed by atoms with van der Waals surface area (Å²) in [7, 11) is -3.18. The summed E-state index contributed by atoms with van der Waals surface area (Å²) in [6.07, 6.45) is 5.74. The minimum atomic E-state index is -3.18. The second-order valence-electron chi connectivity index (χ2n) is 6.75. The van der Waals surface area contributed by atoms with E-state index < -0.39 is 10.0 Å². The van der Waals surface area contributed by atoms with Gasteiger partial charge in [-0.1, -0.05) is 26.7 Å². The zero-order valence-electron chi connectivity index (χ0n) is 12.2. The molecule has 2 fully saturated rings. The molecular weight excluding hydrogens is 260 g/mol. The van der Waals surface area contributed by atoms with Crippen molar-refractivity contribution in [2.75, 3.05) is 18.8 Å². The van der Waals surface area contributed by atoms with Crippen molar-refractivity contribution in [3.63, 3.8) is 0 Å². The lowest BCUT2D eigenvalue weighted by Gasteiger charge is -2.35. The monoisotopic (exact) mass is 288 g/mol. The van der Waals surface area contributed by atoms with Crippen molar-refractivity contribution in [2.45, 2.75) is 52.0 Å². The molecule has 2 N–H and O–H groups in total. The van der Waals surface area contributed by atoms with Crippen LogP contribution in [0.25, 0.3) is 0 Å². The molecule has 0 aromatic carbocycles. The third kappa shape index (κ3) is 3.92. The van der Waals surface area contributed by atoms with Gasteiger partial charge >= 0.3 is 0 Å². The summed E-state index contributed by atoms with van der Waals surface area (Å²) < 4.78 is 26.7. The molecule has 1 saturated carbocycles. The quantitative estimate of drug-likeness (QED) is 0.858. The Hall–Kier alpha value is -0.130. The number of piperidine rings is 1. The van der Waals surface area contributed by atoms with Crippen LogP contribution in [0.15, 0.2) is 0 Å². The third-order valence-corrected chi connectivity index (χ3v) is 6.53. The van der Waals surface area contributed by atoms with Crippen LogP contribution < -0.4 is 5.73 Å². The van der Waals surface area contributed by atoms with Gasteiger partial charge in [0.25, 0.3) is 0 Å². The molecule has 3 unspecified atom stereocenters. The molecule has 0 radical (unpaired) electrons. The van der Waals surface area contributed by atoms with Crippen LogP contribution in [0, 0.1) is 17.8 Å². The predicted octanol–water partition coefficient (Wildman–Crippen LogP) is 1.81. The summed E-state index contributed by atoms with van der Waals surface area (Å²) in [5.41, 5.74) is 6.14. The van der Waals surface area contributed by atoms with Crippen molar-refractivity contribution in [2.24, 2.45) is 23.5 Å². The molecule has 112 valence electrons. The second-order valence-corrected chi connectivity index (χ2v) is 8.76. The number of rotatable bonds is 4. The lowest BCUT2D eigenvalue weighted by Crippen LogP contribution is -2.47. The van der Waals surface area contributed by atoms with E-state index in [2.05, 4.69) is 13.8 Å². The van der Waals surface area contributed by atoms with E-state index in [1.54, 1.807) is 4.31 Å². The van der Waals surface area contributed by atoms with E-state index in [4.69, 9.17) is 5.73 Å². The molecule has 1 aliphatic heterocycles. The molecule has 3 atom stereocenters. The molecule has 19 heavy (non-hydrogen) atoms. The van der Waals surface area contributed by atoms with E-state index in [9.17, 15) is 8.42 Å². The van der Waals surface area contributed by atoms with Gasteiger partial charge in [-0.15, -0.1) is 0 Å². The molecule has 0 amide bonds. The molecule has 4 nitrogen and oxygen atoms in total. The molecule has 0 bridgehead atoms. The fourth-order valence-electron chi connectivity index (χ4n) is 3.70. The van der Waals surface area contributed by atoms with E-state index in [1.165, 1.54) is 12.8 Å². The Morgan fingerprint density at radius 2 is 1.68 bits per heavy atom. The highest BCUT2D eigenvalue weighted by atomic mass is 32.2. The van der Waals surface area contributed by atoms with Crippen LogP contribution in [-0.2, 0) is 10.0 Å². The first-order valence-electron chi connectivity index (χ1n) is 7.62. The summed E-state index contributed by atoms with van der Waals surface area (Å²) >= 11 is 0. The van der Waals surface area contributed by atoms with Gasteiger partial charge in [0.2, 0.25) is 10.0 Å². The molecule has 2 rings (SSSR count). The van der Waals surface area contributed by atoms with Crippen LogP contribution >= 0.6 is 0 Å². The lowest BCUT2D eigenvalue weighted by molar-refractivity contribution is 0.221. The first kappa shape index (κ1) is 15.3. The van der Waals surface area contributed by atoms with Gasteiger partial charge in [-0.2, -0.15) is 0 Å². The van der Waals surface area contributed by atoms with Crippen LogP contribution in [0.3, 0.4) is 0 Å². The lowest BCUT2D eigenvalue weighted by atomic mass is 9.94. The number of sulfonamides is 1. The Labute approximate surface area is 117 Å². The maximum Gasteiger partial charge on any atom is 0.215 e. The van der Waals surface area contributed by atoms with Gasteiger partial charge in [0.1, 0.15) is 0 Å². The van der Waals surface area contributed by atoms with Gasteiger partial charge in [0.15, 0.2) is 0 Å². The summed E-state index contributed by atoms with van der Waals surface area (Å²) in [4.78, 5) is 0. The van der Waals surface area contributed by atoms with Gasteiger partial charge in [0, 0.05) is 19.1 Å². The molecule has 1 aliphatic carbocycles. The molecule has 0 spiro atoms. The standard InChI is InChI=1S/C14H28N2O2S/c1-11-7-12(2)9-16(8-11)19(17,18)10-14(15)13-5-3-4-6-13/h11-14H,3-10,15H2,1-2H3. The highest BCUT2D eigenvalue weighted by Crippen LogP contribution is 2.29. The summed E-state index contributed by atoms with van der Waals surface area (Å²) in [6, 6.07) is -0.181. The first-order valence-corrected chi connectivity index (χ1v) is 9.23. The molecule has 5 heteroatoms. The van der Waals surface area contributed by atoms with E-state index in [0.29, 0.717) is 30.8 Å². The Kier molecular flexibility index (Phi) is 4.90. The topological polar surface area (TPSA) is 63.4 Å². The fourth-order valence-corrected chi connectivity index (χ4v) is 5.64. The van der Waals surface area contributed by atoms with Crippen molar-refractivity contribution in [1.82, 2.24) is 4.31 Å². The van der Waals surface area contributed by atoms with Crippen LogP contribution in [0.4, 0.5) is 0 Å². The highest BCUT2D eigenvalue weighted by Gasteiger charge is 2.33. The minimum absolute atomic E-state index is 0.136. The van der Waals surface area contributed by atoms with Crippen molar-refractivity contribution < 1.29 is 8.42 Å². The maximum atomic E-state index is 12.5. The molecule has 1 heterocycles. The predicted molar refractivity (Wildman–Crippen MR) is 78.2 cm³/mol. The van der Waals surface area contributed by atoms with Gasteiger partial charge in [0.05, 0.1) is 5.75 Å². The van der Waals surface area contributed by atoms with Gasteiger partial charge in [-0.3, -0.25) is 0 Å².